The first-order chi connectivity index (χ1) is 7.88. The molecular weight excluding hydrogens is 194 g/mol. The SMILES string of the molecule is CC/C=C/C(CCCCCCCC)N1CC1. The van der Waals surface area contributed by atoms with Gasteiger partial charge in [0, 0.05) is 19.1 Å². The molecule has 0 saturated carbocycles. The molecule has 0 spiro atoms. The number of hydrogen-bond donors (Lipinski definition) is 0. The minimum atomic E-state index is 0.756. The molecule has 1 unspecified atom stereocenters. The van der Waals surface area contributed by atoms with E-state index >= 15 is 0 Å². The van der Waals surface area contributed by atoms with Crippen molar-refractivity contribution >= 4 is 0 Å². The molecule has 16 heavy (non-hydrogen) atoms. The van der Waals surface area contributed by atoms with Gasteiger partial charge in [0.05, 0.1) is 0 Å². The quantitative estimate of drug-likeness (QED) is 0.301. The van der Waals surface area contributed by atoms with Crippen LogP contribution in [0.15, 0.2) is 12.2 Å². The maximum absolute atomic E-state index is 2.58. The van der Waals surface area contributed by atoms with E-state index in [4.69, 9.17) is 0 Å². The molecule has 0 aliphatic carbocycles. The lowest BCUT2D eigenvalue weighted by Gasteiger charge is -2.13. The molecule has 0 amide bonds. The van der Waals surface area contributed by atoms with E-state index in [2.05, 4.69) is 30.9 Å². The van der Waals surface area contributed by atoms with E-state index in [1.807, 2.05) is 0 Å². The van der Waals surface area contributed by atoms with Crippen molar-refractivity contribution in [3.63, 3.8) is 0 Å². The van der Waals surface area contributed by atoms with Gasteiger partial charge in [0.25, 0.3) is 0 Å². The molecule has 1 fully saturated rings. The maximum atomic E-state index is 2.58. The van der Waals surface area contributed by atoms with Crippen molar-refractivity contribution in [1.29, 1.82) is 0 Å². The van der Waals surface area contributed by atoms with Crippen molar-refractivity contribution in [2.24, 2.45) is 0 Å². The number of rotatable bonds is 10. The minimum Gasteiger partial charge on any atom is -0.294 e. The van der Waals surface area contributed by atoms with Crippen LogP contribution in [-0.2, 0) is 0 Å². The summed E-state index contributed by atoms with van der Waals surface area (Å²) in [7, 11) is 0. The normalized spacial score (nSPS) is 18.1. The van der Waals surface area contributed by atoms with E-state index in [9.17, 15) is 0 Å². The molecule has 0 bridgehead atoms. The Labute approximate surface area is 102 Å². The zero-order valence-corrected chi connectivity index (χ0v) is 11.3. The van der Waals surface area contributed by atoms with E-state index in [0.717, 1.165) is 6.04 Å². The fourth-order valence-corrected chi connectivity index (χ4v) is 2.22. The van der Waals surface area contributed by atoms with Crippen LogP contribution in [0.1, 0.15) is 65.2 Å². The Morgan fingerprint density at radius 2 is 1.69 bits per heavy atom. The largest absolute Gasteiger partial charge is 0.294 e. The summed E-state index contributed by atoms with van der Waals surface area (Å²) in [6, 6.07) is 0.756. The van der Waals surface area contributed by atoms with Crippen LogP contribution in [-0.4, -0.2) is 24.0 Å². The average Bonchev–Trinajstić information content (AvgIpc) is 3.11. The van der Waals surface area contributed by atoms with Crippen LogP contribution in [0, 0.1) is 0 Å². The smallest absolute Gasteiger partial charge is 0.0279 e. The lowest BCUT2D eigenvalue weighted by Crippen LogP contribution is -2.15. The van der Waals surface area contributed by atoms with Gasteiger partial charge < -0.3 is 0 Å². The summed E-state index contributed by atoms with van der Waals surface area (Å²) in [5.74, 6) is 0. The predicted molar refractivity (Wildman–Crippen MR) is 72.8 cm³/mol. The molecule has 1 heterocycles. The fourth-order valence-electron chi connectivity index (χ4n) is 2.22. The van der Waals surface area contributed by atoms with Crippen molar-refractivity contribution in [3.8, 4) is 0 Å². The Morgan fingerprint density at radius 3 is 2.31 bits per heavy atom. The van der Waals surface area contributed by atoms with E-state index in [-0.39, 0.29) is 0 Å². The lowest BCUT2D eigenvalue weighted by molar-refractivity contribution is 0.420. The molecule has 0 aromatic rings. The molecule has 1 aliphatic heterocycles. The molecule has 1 atom stereocenters. The average molecular weight is 223 g/mol. The van der Waals surface area contributed by atoms with Gasteiger partial charge in [0.2, 0.25) is 0 Å². The van der Waals surface area contributed by atoms with E-state index in [0.29, 0.717) is 0 Å². The first-order valence-corrected chi connectivity index (χ1v) is 7.29. The molecule has 94 valence electrons. The van der Waals surface area contributed by atoms with Gasteiger partial charge in [-0.1, -0.05) is 64.5 Å². The Bertz CT molecular complexity index is 182. The van der Waals surface area contributed by atoms with Crippen molar-refractivity contribution in [2.75, 3.05) is 13.1 Å². The maximum Gasteiger partial charge on any atom is 0.0279 e. The highest BCUT2D eigenvalue weighted by atomic mass is 15.3. The highest BCUT2D eigenvalue weighted by Gasteiger charge is 2.24. The van der Waals surface area contributed by atoms with Gasteiger partial charge in [0.1, 0.15) is 0 Å². The highest BCUT2D eigenvalue weighted by Crippen LogP contribution is 2.18. The molecule has 0 radical (unpaired) electrons. The zero-order chi connectivity index (χ0) is 11.6. The van der Waals surface area contributed by atoms with Crippen molar-refractivity contribution in [2.45, 2.75) is 71.3 Å². The van der Waals surface area contributed by atoms with Crippen molar-refractivity contribution in [1.82, 2.24) is 4.90 Å². The Balaban J connectivity index is 2.01. The Morgan fingerprint density at radius 1 is 1.00 bits per heavy atom. The molecule has 0 N–H and O–H groups in total. The molecule has 1 saturated heterocycles. The van der Waals surface area contributed by atoms with Gasteiger partial charge in [-0.15, -0.1) is 0 Å². The van der Waals surface area contributed by atoms with E-state index in [1.54, 1.807) is 0 Å². The van der Waals surface area contributed by atoms with Gasteiger partial charge in [-0.2, -0.15) is 0 Å². The molecule has 0 aromatic carbocycles. The van der Waals surface area contributed by atoms with Gasteiger partial charge in [-0.05, 0) is 12.8 Å². The van der Waals surface area contributed by atoms with Gasteiger partial charge in [0.15, 0.2) is 0 Å². The van der Waals surface area contributed by atoms with Gasteiger partial charge in [-0.3, -0.25) is 4.90 Å². The topological polar surface area (TPSA) is 3.01 Å². The van der Waals surface area contributed by atoms with Crippen LogP contribution in [0.25, 0.3) is 0 Å². The van der Waals surface area contributed by atoms with Gasteiger partial charge in [-0.25, -0.2) is 0 Å². The first kappa shape index (κ1) is 13.8. The second-order valence-electron chi connectivity index (χ2n) is 5.00. The van der Waals surface area contributed by atoms with Crippen LogP contribution in [0.2, 0.25) is 0 Å². The number of allylic oxidation sites excluding steroid dienone is 1. The predicted octanol–water partition coefficient (Wildman–Crippen LogP) is 4.39. The minimum absolute atomic E-state index is 0.756. The second kappa shape index (κ2) is 8.81. The van der Waals surface area contributed by atoms with Crippen LogP contribution >= 0.6 is 0 Å². The highest BCUT2D eigenvalue weighted by molar-refractivity contribution is 4.98. The third-order valence-electron chi connectivity index (χ3n) is 3.40. The Kier molecular flexibility index (Phi) is 7.58. The molecule has 1 aliphatic rings. The standard InChI is InChI=1S/C15H29N/c1-3-5-7-8-9-10-12-15(11-6-4-2)16-13-14-16/h6,11,15H,3-5,7-10,12-14H2,1-2H3/b11-6+. The summed E-state index contributed by atoms with van der Waals surface area (Å²) < 4.78 is 0. The number of unbranched alkanes of at least 4 members (excludes halogenated alkanes) is 5. The summed E-state index contributed by atoms with van der Waals surface area (Å²) in [4.78, 5) is 2.58. The molecule has 1 nitrogen and oxygen atoms in total. The second-order valence-corrected chi connectivity index (χ2v) is 5.00. The Hall–Kier alpha value is -0.300. The lowest BCUT2D eigenvalue weighted by atomic mass is 10.1. The molecule has 0 aromatic heterocycles. The van der Waals surface area contributed by atoms with Crippen molar-refractivity contribution in [3.05, 3.63) is 12.2 Å². The third kappa shape index (κ3) is 6.32. The first-order valence-electron chi connectivity index (χ1n) is 7.29. The molecule has 1 heteroatoms. The number of hydrogen-bond acceptors (Lipinski definition) is 1. The summed E-state index contributed by atoms with van der Waals surface area (Å²) >= 11 is 0. The summed E-state index contributed by atoms with van der Waals surface area (Å²) in [5, 5.41) is 0. The summed E-state index contributed by atoms with van der Waals surface area (Å²) in [5.41, 5.74) is 0. The zero-order valence-electron chi connectivity index (χ0n) is 11.3. The molecule has 1 rings (SSSR count). The summed E-state index contributed by atoms with van der Waals surface area (Å²) in [6.07, 6.45) is 15.8. The monoisotopic (exact) mass is 223 g/mol. The molecular formula is C15H29N. The van der Waals surface area contributed by atoms with Gasteiger partial charge >= 0.3 is 0 Å². The third-order valence-corrected chi connectivity index (χ3v) is 3.40. The van der Waals surface area contributed by atoms with Crippen LogP contribution < -0.4 is 0 Å². The van der Waals surface area contributed by atoms with E-state index in [1.165, 1.54) is 64.5 Å². The fraction of sp³-hybridized carbons (Fsp3) is 0.867. The van der Waals surface area contributed by atoms with E-state index < -0.39 is 0 Å². The van der Waals surface area contributed by atoms with Crippen LogP contribution in [0.5, 0.6) is 0 Å². The summed E-state index contributed by atoms with van der Waals surface area (Å²) in [6.45, 7) is 7.16. The number of nitrogens with zero attached hydrogens (tertiary/aromatic N) is 1. The van der Waals surface area contributed by atoms with Crippen molar-refractivity contribution < 1.29 is 0 Å². The van der Waals surface area contributed by atoms with Crippen LogP contribution in [0.3, 0.4) is 0 Å². The van der Waals surface area contributed by atoms with Crippen LogP contribution in [0.4, 0.5) is 0 Å².